The fourth-order valence-corrected chi connectivity index (χ4v) is 6.14. The zero-order chi connectivity index (χ0) is 24.6. The van der Waals surface area contributed by atoms with E-state index in [1.165, 1.54) is 5.56 Å². The van der Waals surface area contributed by atoms with E-state index in [0.717, 1.165) is 31.4 Å². The molecule has 3 N–H and O–H groups in total. The van der Waals surface area contributed by atoms with Crippen LogP contribution < -0.4 is 10.1 Å². The standard InChI is InChI=1S/C27H37N3O4/c1-5-26-18-25(2,32)27(33,23-8-6-7-13-28-23)17-20(26)10-9-19-16-21(11-12-22(19)26)34-24(31)29-14-15-30(3)4/h6-8,11-13,16,20,32-33H,5,9-10,14-15,17-18H2,1-4H3,(H,29,31)/t20-,25-,26-,27-/m1/s1. The number of hydrogen-bond donors (Lipinski definition) is 3. The molecule has 0 bridgehead atoms. The number of aryl methyl sites for hydroxylation is 1. The number of ether oxygens (including phenoxy) is 1. The molecule has 1 aromatic heterocycles. The number of fused-ring (bicyclic) bond motifs is 3. The van der Waals surface area contributed by atoms with Crippen molar-refractivity contribution < 1.29 is 19.7 Å². The van der Waals surface area contributed by atoms with Gasteiger partial charge >= 0.3 is 6.09 Å². The third-order valence-electron chi connectivity index (χ3n) is 8.01. The van der Waals surface area contributed by atoms with E-state index in [9.17, 15) is 15.0 Å². The molecule has 2 aliphatic rings. The van der Waals surface area contributed by atoms with Crippen LogP contribution in [0.5, 0.6) is 5.75 Å². The molecule has 2 aliphatic carbocycles. The highest BCUT2D eigenvalue weighted by Crippen LogP contribution is 2.59. The van der Waals surface area contributed by atoms with Gasteiger partial charge in [0.1, 0.15) is 11.4 Å². The highest BCUT2D eigenvalue weighted by molar-refractivity contribution is 5.70. The van der Waals surface area contributed by atoms with Gasteiger partial charge < -0.3 is 25.2 Å². The van der Waals surface area contributed by atoms with Crippen LogP contribution in [0.1, 0.15) is 56.4 Å². The van der Waals surface area contributed by atoms with Crippen LogP contribution in [0.4, 0.5) is 4.79 Å². The smallest absolute Gasteiger partial charge is 0.410 e. The number of carbonyl (C=O) groups is 1. The molecule has 7 nitrogen and oxygen atoms in total. The van der Waals surface area contributed by atoms with Gasteiger partial charge in [-0.05, 0) is 94.4 Å². The number of amides is 1. The Labute approximate surface area is 202 Å². The Morgan fingerprint density at radius 3 is 2.74 bits per heavy atom. The first-order chi connectivity index (χ1) is 16.1. The van der Waals surface area contributed by atoms with Crippen LogP contribution in [-0.4, -0.2) is 59.0 Å². The van der Waals surface area contributed by atoms with Crippen molar-refractivity contribution in [1.82, 2.24) is 15.2 Å². The lowest BCUT2D eigenvalue weighted by molar-refractivity contribution is -0.207. The molecule has 1 fully saturated rings. The SMILES string of the molecule is CC[C@@]12C[C@@](C)(O)[C@](O)(c3ccccn3)C[C@H]1CCc1cc(OC(=O)NCCN(C)C)ccc12. The number of rotatable bonds is 6. The van der Waals surface area contributed by atoms with Crippen molar-refractivity contribution in [1.29, 1.82) is 0 Å². The molecule has 0 aliphatic heterocycles. The maximum absolute atomic E-state index is 12.2. The third-order valence-corrected chi connectivity index (χ3v) is 8.01. The minimum absolute atomic E-state index is 0.207. The molecule has 0 saturated heterocycles. The maximum Gasteiger partial charge on any atom is 0.412 e. The minimum Gasteiger partial charge on any atom is -0.410 e. The molecule has 7 heteroatoms. The Morgan fingerprint density at radius 2 is 2.06 bits per heavy atom. The second-order valence-electron chi connectivity index (χ2n) is 10.4. The van der Waals surface area contributed by atoms with E-state index in [2.05, 4.69) is 23.3 Å². The van der Waals surface area contributed by atoms with Crippen molar-refractivity contribution in [3.05, 3.63) is 59.4 Å². The summed E-state index contributed by atoms with van der Waals surface area (Å²) in [7, 11) is 3.90. The molecule has 1 saturated carbocycles. The van der Waals surface area contributed by atoms with Crippen LogP contribution in [0, 0.1) is 5.92 Å². The first kappa shape index (κ1) is 24.6. The van der Waals surface area contributed by atoms with Gasteiger partial charge in [0.2, 0.25) is 0 Å². The van der Waals surface area contributed by atoms with Crippen LogP contribution in [0.15, 0.2) is 42.6 Å². The summed E-state index contributed by atoms with van der Waals surface area (Å²) in [6.45, 7) is 5.15. The zero-order valence-corrected chi connectivity index (χ0v) is 20.7. The predicted octanol–water partition coefficient (Wildman–Crippen LogP) is 3.37. The number of hydrogen-bond acceptors (Lipinski definition) is 6. The van der Waals surface area contributed by atoms with Gasteiger partial charge in [-0.2, -0.15) is 0 Å². The highest BCUT2D eigenvalue weighted by Gasteiger charge is 2.61. The molecule has 34 heavy (non-hydrogen) atoms. The van der Waals surface area contributed by atoms with Crippen molar-refractivity contribution in [2.24, 2.45) is 5.92 Å². The number of carbonyl (C=O) groups excluding carboxylic acids is 1. The molecule has 1 amide bonds. The van der Waals surface area contributed by atoms with E-state index >= 15 is 0 Å². The molecular formula is C27H37N3O4. The summed E-state index contributed by atoms with van der Waals surface area (Å²) in [6, 6.07) is 11.3. The molecule has 0 radical (unpaired) electrons. The number of benzene rings is 1. The Balaban J connectivity index is 1.59. The molecule has 2 aromatic rings. The van der Waals surface area contributed by atoms with Gasteiger partial charge in [-0.3, -0.25) is 4.98 Å². The second-order valence-corrected chi connectivity index (χ2v) is 10.4. The average Bonchev–Trinajstić information content (AvgIpc) is 2.80. The van der Waals surface area contributed by atoms with Crippen molar-refractivity contribution in [3.63, 3.8) is 0 Å². The first-order valence-corrected chi connectivity index (χ1v) is 12.2. The fourth-order valence-electron chi connectivity index (χ4n) is 6.14. The lowest BCUT2D eigenvalue weighted by Crippen LogP contribution is -2.62. The monoisotopic (exact) mass is 467 g/mol. The number of aliphatic hydroxyl groups is 2. The van der Waals surface area contributed by atoms with E-state index < -0.39 is 17.3 Å². The quantitative estimate of drug-likeness (QED) is 0.603. The molecule has 184 valence electrons. The molecule has 4 atom stereocenters. The summed E-state index contributed by atoms with van der Waals surface area (Å²) >= 11 is 0. The zero-order valence-electron chi connectivity index (χ0n) is 20.7. The van der Waals surface area contributed by atoms with E-state index in [0.29, 0.717) is 30.8 Å². The Morgan fingerprint density at radius 1 is 1.26 bits per heavy atom. The van der Waals surface area contributed by atoms with Crippen molar-refractivity contribution in [3.8, 4) is 5.75 Å². The lowest BCUT2D eigenvalue weighted by Gasteiger charge is -2.58. The summed E-state index contributed by atoms with van der Waals surface area (Å²) in [4.78, 5) is 18.6. The third kappa shape index (κ3) is 4.32. The van der Waals surface area contributed by atoms with Crippen molar-refractivity contribution >= 4 is 6.09 Å². The molecule has 4 rings (SSSR count). The molecule has 0 unspecified atom stereocenters. The normalized spacial score (nSPS) is 30.4. The Hall–Kier alpha value is -2.48. The predicted molar refractivity (Wildman–Crippen MR) is 131 cm³/mol. The van der Waals surface area contributed by atoms with Crippen molar-refractivity contribution in [2.45, 2.75) is 62.6 Å². The highest BCUT2D eigenvalue weighted by atomic mass is 16.6. The van der Waals surface area contributed by atoms with Crippen LogP contribution in [0.2, 0.25) is 0 Å². The first-order valence-electron chi connectivity index (χ1n) is 12.2. The summed E-state index contributed by atoms with van der Waals surface area (Å²) in [5.74, 6) is 0.733. The summed E-state index contributed by atoms with van der Waals surface area (Å²) in [6.07, 6.45) is 4.68. The van der Waals surface area contributed by atoms with Crippen molar-refractivity contribution in [2.75, 3.05) is 27.2 Å². The van der Waals surface area contributed by atoms with Gasteiger partial charge in [0.05, 0.1) is 11.3 Å². The van der Waals surface area contributed by atoms with Gasteiger partial charge in [-0.1, -0.05) is 19.1 Å². The number of pyridine rings is 1. The second kappa shape index (κ2) is 9.29. The van der Waals surface area contributed by atoms with Gasteiger partial charge in [-0.15, -0.1) is 0 Å². The summed E-state index contributed by atoms with van der Waals surface area (Å²) in [5, 5.41) is 26.1. The maximum atomic E-state index is 12.2. The van der Waals surface area contributed by atoms with E-state index in [1.54, 1.807) is 19.2 Å². The largest absolute Gasteiger partial charge is 0.412 e. The fraction of sp³-hybridized carbons (Fsp3) is 0.556. The van der Waals surface area contributed by atoms with Gasteiger partial charge in [0.25, 0.3) is 0 Å². The molecule has 1 heterocycles. The minimum atomic E-state index is -1.40. The van der Waals surface area contributed by atoms with Gasteiger partial charge in [-0.25, -0.2) is 4.79 Å². The number of likely N-dealkylation sites (N-methyl/N-ethyl adjacent to an activating group) is 1. The topological polar surface area (TPSA) is 94.9 Å². The van der Waals surface area contributed by atoms with E-state index in [-0.39, 0.29) is 11.3 Å². The van der Waals surface area contributed by atoms with Crippen LogP contribution >= 0.6 is 0 Å². The lowest BCUT2D eigenvalue weighted by atomic mass is 9.49. The molecular weight excluding hydrogens is 430 g/mol. The average molecular weight is 468 g/mol. The molecule has 1 aromatic carbocycles. The Kier molecular flexibility index (Phi) is 6.73. The summed E-state index contributed by atoms with van der Waals surface area (Å²) < 4.78 is 5.53. The van der Waals surface area contributed by atoms with Gasteiger partial charge in [0.15, 0.2) is 0 Å². The van der Waals surface area contributed by atoms with Crippen LogP contribution in [-0.2, 0) is 17.4 Å². The Bertz CT molecular complexity index is 1030. The van der Waals surface area contributed by atoms with E-state index in [4.69, 9.17) is 4.74 Å². The molecule has 0 spiro atoms. The number of nitrogens with one attached hydrogen (secondary N) is 1. The van der Waals surface area contributed by atoms with Crippen LogP contribution in [0.25, 0.3) is 0 Å². The van der Waals surface area contributed by atoms with Crippen LogP contribution in [0.3, 0.4) is 0 Å². The number of nitrogens with zero attached hydrogens (tertiary/aromatic N) is 2. The van der Waals surface area contributed by atoms with Gasteiger partial charge in [0, 0.05) is 24.7 Å². The number of aromatic nitrogens is 1. The summed E-state index contributed by atoms with van der Waals surface area (Å²) in [5.41, 5.74) is -0.137. The van der Waals surface area contributed by atoms with E-state index in [1.807, 2.05) is 43.3 Å².